The standard InChI is InChI=1S/C21H40O5/c1-2-3-4-5-6-7-8-9-11-14-20(26-18-19(23)17-22)15-12-10-13-16-21(24)25/h9,11,19-20,22-23H,2-8,10,12-18H2,1H3,(H,24,25)/b11-9-. The van der Waals surface area contributed by atoms with E-state index < -0.39 is 12.1 Å². The molecule has 0 amide bonds. The number of aliphatic hydroxyl groups is 2. The summed E-state index contributed by atoms with van der Waals surface area (Å²) in [6, 6.07) is 0. The highest BCUT2D eigenvalue weighted by Crippen LogP contribution is 2.14. The molecule has 0 radical (unpaired) electrons. The SMILES string of the molecule is CCCCCCCC/C=C\CC(CCCCCC(=O)O)OCC(O)CO. The quantitative estimate of drug-likeness (QED) is 0.230. The van der Waals surface area contributed by atoms with Crippen LogP contribution in [0.25, 0.3) is 0 Å². The molecule has 0 rings (SSSR count). The molecular formula is C21H40O5. The van der Waals surface area contributed by atoms with E-state index in [0.717, 1.165) is 32.1 Å². The molecule has 3 N–H and O–H groups in total. The van der Waals surface area contributed by atoms with Crippen LogP contribution < -0.4 is 0 Å². The minimum atomic E-state index is -0.836. The monoisotopic (exact) mass is 372 g/mol. The number of aliphatic carboxylic acids is 1. The van der Waals surface area contributed by atoms with E-state index in [-0.39, 0.29) is 25.7 Å². The summed E-state index contributed by atoms with van der Waals surface area (Å²) in [4.78, 5) is 10.5. The molecule has 26 heavy (non-hydrogen) atoms. The number of rotatable bonds is 19. The molecule has 0 heterocycles. The first kappa shape index (κ1) is 25.1. The van der Waals surface area contributed by atoms with Gasteiger partial charge in [-0.1, -0.05) is 64.0 Å². The Kier molecular flexibility index (Phi) is 18.2. The highest BCUT2D eigenvalue weighted by atomic mass is 16.5. The van der Waals surface area contributed by atoms with E-state index >= 15 is 0 Å². The molecule has 2 atom stereocenters. The van der Waals surface area contributed by atoms with Crippen LogP contribution in [-0.4, -0.2) is 46.7 Å². The van der Waals surface area contributed by atoms with Gasteiger partial charge in [0.1, 0.15) is 6.10 Å². The molecule has 0 fully saturated rings. The molecular weight excluding hydrogens is 332 g/mol. The zero-order valence-electron chi connectivity index (χ0n) is 16.6. The number of ether oxygens (including phenoxy) is 1. The molecule has 5 nitrogen and oxygen atoms in total. The third-order valence-electron chi connectivity index (χ3n) is 4.44. The van der Waals surface area contributed by atoms with Crippen molar-refractivity contribution in [3.8, 4) is 0 Å². The van der Waals surface area contributed by atoms with Gasteiger partial charge in [-0.2, -0.15) is 0 Å². The van der Waals surface area contributed by atoms with Crippen LogP contribution in [0.15, 0.2) is 12.2 Å². The van der Waals surface area contributed by atoms with Crippen molar-refractivity contribution in [3.05, 3.63) is 12.2 Å². The Bertz CT molecular complexity index is 343. The number of allylic oxidation sites excluding steroid dienone is 1. The molecule has 0 aromatic heterocycles. The lowest BCUT2D eigenvalue weighted by molar-refractivity contribution is -0.137. The molecule has 0 spiro atoms. The highest BCUT2D eigenvalue weighted by molar-refractivity contribution is 5.66. The van der Waals surface area contributed by atoms with E-state index in [0.29, 0.717) is 6.42 Å². The molecule has 154 valence electrons. The summed E-state index contributed by atoms with van der Waals surface area (Å²) in [6.45, 7) is 2.08. The largest absolute Gasteiger partial charge is 0.481 e. The van der Waals surface area contributed by atoms with E-state index in [4.69, 9.17) is 14.9 Å². The van der Waals surface area contributed by atoms with Crippen molar-refractivity contribution < 1.29 is 24.9 Å². The maximum atomic E-state index is 10.5. The molecule has 2 unspecified atom stereocenters. The summed E-state index contributed by atoms with van der Waals surface area (Å²) < 4.78 is 5.72. The Hall–Kier alpha value is -0.910. The van der Waals surface area contributed by atoms with Gasteiger partial charge in [0.25, 0.3) is 0 Å². The van der Waals surface area contributed by atoms with Gasteiger partial charge in [-0.25, -0.2) is 0 Å². The Labute approximate surface area is 159 Å². The van der Waals surface area contributed by atoms with Crippen LogP contribution in [0.3, 0.4) is 0 Å². The van der Waals surface area contributed by atoms with Gasteiger partial charge in [0.2, 0.25) is 0 Å². The molecule has 0 aromatic rings. The number of carboxylic acid groups (broad SMARTS) is 1. The van der Waals surface area contributed by atoms with E-state index in [2.05, 4.69) is 19.1 Å². The van der Waals surface area contributed by atoms with E-state index in [1.54, 1.807) is 0 Å². The molecule has 0 saturated heterocycles. The maximum Gasteiger partial charge on any atom is 0.303 e. The van der Waals surface area contributed by atoms with Crippen LogP contribution >= 0.6 is 0 Å². The van der Waals surface area contributed by atoms with Gasteiger partial charge in [-0.15, -0.1) is 0 Å². The molecule has 5 heteroatoms. The number of carboxylic acids is 1. The summed E-state index contributed by atoms with van der Waals surface area (Å²) in [5.74, 6) is -0.749. The Morgan fingerprint density at radius 3 is 2.38 bits per heavy atom. The van der Waals surface area contributed by atoms with Gasteiger partial charge < -0.3 is 20.1 Å². The van der Waals surface area contributed by atoms with Crippen LogP contribution in [0.1, 0.15) is 90.4 Å². The lowest BCUT2D eigenvalue weighted by Crippen LogP contribution is -2.24. The highest BCUT2D eigenvalue weighted by Gasteiger charge is 2.11. The van der Waals surface area contributed by atoms with E-state index in [1.807, 2.05) is 0 Å². The summed E-state index contributed by atoms with van der Waals surface area (Å²) in [5.41, 5.74) is 0. The fourth-order valence-corrected chi connectivity index (χ4v) is 2.80. The van der Waals surface area contributed by atoms with Crippen molar-refractivity contribution in [3.63, 3.8) is 0 Å². The lowest BCUT2D eigenvalue weighted by Gasteiger charge is -2.18. The molecule has 0 bridgehead atoms. The Morgan fingerprint density at radius 1 is 1.00 bits per heavy atom. The van der Waals surface area contributed by atoms with Gasteiger partial charge >= 0.3 is 5.97 Å². The number of unbranched alkanes of at least 4 members (excludes halogenated alkanes) is 8. The maximum absolute atomic E-state index is 10.5. The van der Waals surface area contributed by atoms with Gasteiger partial charge in [0.05, 0.1) is 19.3 Å². The van der Waals surface area contributed by atoms with Gasteiger partial charge in [-0.3, -0.25) is 4.79 Å². The normalized spacial score (nSPS) is 14.0. The van der Waals surface area contributed by atoms with E-state index in [9.17, 15) is 9.90 Å². The summed E-state index contributed by atoms with van der Waals surface area (Å²) in [7, 11) is 0. The van der Waals surface area contributed by atoms with Crippen molar-refractivity contribution in [2.45, 2.75) is 103 Å². The first-order valence-corrected chi connectivity index (χ1v) is 10.4. The van der Waals surface area contributed by atoms with Crippen LogP contribution in [0.5, 0.6) is 0 Å². The number of aliphatic hydroxyl groups excluding tert-OH is 2. The summed E-state index contributed by atoms with van der Waals surface area (Å²) in [5, 5.41) is 27.0. The zero-order valence-corrected chi connectivity index (χ0v) is 16.6. The van der Waals surface area contributed by atoms with Gasteiger partial charge in [-0.05, 0) is 32.1 Å². The first-order valence-electron chi connectivity index (χ1n) is 10.4. The smallest absolute Gasteiger partial charge is 0.303 e. The van der Waals surface area contributed by atoms with Crippen molar-refractivity contribution >= 4 is 5.97 Å². The Balaban J connectivity index is 3.94. The van der Waals surface area contributed by atoms with E-state index in [1.165, 1.54) is 38.5 Å². The third-order valence-corrected chi connectivity index (χ3v) is 4.44. The molecule has 0 aromatic carbocycles. The molecule has 0 aliphatic rings. The lowest BCUT2D eigenvalue weighted by atomic mass is 10.1. The fraction of sp³-hybridized carbons (Fsp3) is 0.857. The zero-order chi connectivity index (χ0) is 19.5. The Morgan fingerprint density at radius 2 is 1.69 bits per heavy atom. The number of hydrogen-bond acceptors (Lipinski definition) is 4. The molecule has 0 saturated carbocycles. The topological polar surface area (TPSA) is 87.0 Å². The van der Waals surface area contributed by atoms with Crippen molar-refractivity contribution in [2.24, 2.45) is 0 Å². The van der Waals surface area contributed by atoms with Crippen molar-refractivity contribution in [1.82, 2.24) is 0 Å². The predicted molar refractivity (Wildman–Crippen MR) is 105 cm³/mol. The molecule has 0 aliphatic heterocycles. The fourth-order valence-electron chi connectivity index (χ4n) is 2.80. The second kappa shape index (κ2) is 18.9. The first-order chi connectivity index (χ1) is 12.6. The summed E-state index contributed by atoms with van der Waals surface area (Å²) in [6.07, 6.45) is 16.8. The van der Waals surface area contributed by atoms with Gasteiger partial charge in [0, 0.05) is 6.42 Å². The van der Waals surface area contributed by atoms with Crippen LogP contribution in [0.2, 0.25) is 0 Å². The third kappa shape index (κ3) is 17.9. The minimum Gasteiger partial charge on any atom is -0.481 e. The van der Waals surface area contributed by atoms with Crippen LogP contribution in [0, 0.1) is 0 Å². The van der Waals surface area contributed by atoms with Gasteiger partial charge in [0.15, 0.2) is 0 Å². The minimum absolute atomic E-state index is 0.0156. The van der Waals surface area contributed by atoms with Crippen molar-refractivity contribution in [2.75, 3.05) is 13.2 Å². The molecule has 0 aliphatic carbocycles. The predicted octanol–water partition coefficient (Wildman–Crippen LogP) is 4.46. The summed E-state index contributed by atoms with van der Waals surface area (Å²) >= 11 is 0. The average Bonchev–Trinajstić information content (AvgIpc) is 2.63. The van der Waals surface area contributed by atoms with Crippen LogP contribution in [0.4, 0.5) is 0 Å². The number of hydrogen-bond donors (Lipinski definition) is 3. The second-order valence-corrected chi connectivity index (χ2v) is 7.05. The average molecular weight is 373 g/mol. The van der Waals surface area contributed by atoms with Crippen LogP contribution in [-0.2, 0) is 9.53 Å². The van der Waals surface area contributed by atoms with Crippen molar-refractivity contribution in [1.29, 1.82) is 0 Å². The second-order valence-electron chi connectivity index (χ2n) is 7.05. The number of carbonyl (C=O) groups is 1.